The zero-order chi connectivity index (χ0) is 17.0. The lowest BCUT2D eigenvalue weighted by molar-refractivity contribution is 0.617. The minimum atomic E-state index is -0.181. The summed E-state index contributed by atoms with van der Waals surface area (Å²) in [6.07, 6.45) is 3.83. The zero-order valence-electron chi connectivity index (χ0n) is 13.7. The standard InChI is InChI=1S/C21H16FN3/c1-12-10-13(6-7-17(12)22)20-16-11-24-21-19(16)15(8-9-23-21)14-4-2-3-5-18(14)25-20/h2-11,20,25H,1H3,(H,23,24). The molecule has 4 heteroatoms. The van der Waals surface area contributed by atoms with Crippen LogP contribution in [-0.4, -0.2) is 9.97 Å². The molecule has 0 bridgehead atoms. The second-order valence-corrected chi connectivity index (χ2v) is 6.46. The van der Waals surface area contributed by atoms with E-state index in [0.717, 1.165) is 39.0 Å². The van der Waals surface area contributed by atoms with Crippen LogP contribution in [-0.2, 0) is 0 Å². The summed E-state index contributed by atoms with van der Waals surface area (Å²) in [7, 11) is 0. The second-order valence-electron chi connectivity index (χ2n) is 6.46. The number of benzene rings is 2. The quantitative estimate of drug-likeness (QED) is 0.504. The Morgan fingerprint density at radius 1 is 1.04 bits per heavy atom. The molecule has 4 aromatic rings. The van der Waals surface area contributed by atoms with Gasteiger partial charge in [0.15, 0.2) is 0 Å². The molecule has 1 aliphatic rings. The molecule has 0 radical (unpaired) electrons. The maximum absolute atomic E-state index is 13.8. The molecular formula is C21H16FN3. The molecule has 122 valence electrons. The monoisotopic (exact) mass is 329 g/mol. The van der Waals surface area contributed by atoms with Crippen molar-refractivity contribution in [2.75, 3.05) is 5.32 Å². The first-order chi connectivity index (χ1) is 12.2. The molecular weight excluding hydrogens is 313 g/mol. The van der Waals surface area contributed by atoms with E-state index in [4.69, 9.17) is 0 Å². The third-order valence-corrected chi connectivity index (χ3v) is 4.95. The molecule has 5 rings (SSSR count). The van der Waals surface area contributed by atoms with Crippen LogP contribution in [0.15, 0.2) is 60.9 Å². The Hall–Kier alpha value is -3.14. The average Bonchev–Trinajstić information content (AvgIpc) is 3.00. The normalized spacial score (nSPS) is 15.5. The van der Waals surface area contributed by atoms with E-state index in [0.29, 0.717) is 5.56 Å². The summed E-state index contributed by atoms with van der Waals surface area (Å²) < 4.78 is 13.8. The molecule has 25 heavy (non-hydrogen) atoms. The maximum Gasteiger partial charge on any atom is 0.138 e. The number of fused-ring (bicyclic) bond motifs is 2. The molecule has 0 amide bonds. The van der Waals surface area contributed by atoms with Crippen molar-refractivity contribution in [3.63, 3.8) is 0 Å². The van der Waals surface area contributed by atoms with Gasteiger partial charge in [-0.2, -0.15) is 0 Å². The van der Waals surface area contributed by atoms with Gasteiger partial charge in [0.2, 0.25) is 0 Å². The molecule has 1 atom stereocenters. The molecule has 0 aliphatic carbocycles. The van der Waals surface area contributed by atoms with Crippen molar-refractivity contribution in [3.05, 3.63) is 83.4 Å². The number of nitrogens with one attached hydrogen (secondary N) is 2. The maximum atomic E-state index is 13.8. The van der Waals surface area contributed by atoms with Crippen molar-refractivity contribution < 1.29 is 4.39 Å². The van der Waals surface area contributed by atoms with Gasteiger partial charge in [0.05, 0.1) is 6.04 Å². The van der Waals surface area contributed by atoms with Crippen LogP contribution in [0.25, 0.3) is 22.2 Å². The van der Waals surface area contributed by atoms with E-state index < -0.39 is 0 Å². The molecule has 2 N–H and O–H groups in total. The predicted octanol–water partition coefficient (Wildman–Crippen LogP) is 5.19. The molecule has 3 nitrogen and oxygen atoms in total. The summed E-state index contributed by atoms with van der Waals surface area (Å²) in [5.74, 6) is -0.181. The summed E-state index contributed by atoms with van der Waals surface area (Å²) in [6.45, 7) is 1.80. The van der Waals surface area contributed by atoms with E-state index in [1.54, 1.807) is 6.92 Å². The topological polar surface area (TPSA) is 40.7 Å². The van der Waals surface area contributed by atoms with Gasteiger partial charge in [0, 0.05) is 34.6 Å². The van der Waals surface area contributed by atoms with E-state index in [1.165, 1.54) is 6.07 Å². The number of hydrogen-bond donors (Lipinski definition) is 2. The van der Waals surface area contributed by atoms with Crippen LogP contribution in [0.2, 0.25) is 0 Å². The third-order valence-electron chi connectivity index (χ3n) is 4.95. The number of halogens is 1. The first kappa shape index (κ1) is 14.2. The smallest absolute Gasteiger partial charge is 0.138 e. The van der Waals surface area contributed by atoms with Crippen LogP contribution in [0.1, 0.15) is 22.7 Å². The summed E-state index contributed by atoms with van der Waals surface area (Å²) in [4.78, 5) is 7.75. The number of rotatable bonds is 1. The molecule has 0 fully saturated rings. The van der Waals surface area contributed by atoms with Gasteiger partial charge in [0.25, 0.3) is 0 Å². The number of aromatic amines is 1. The number of H-pyrrole nitrogens is 1. The van der Waals surface area contributed by atoms with E-state index >= 15 is 0 Å². The van der Waals surface area contributed by atoms with Gasteiger partial charge in [-0.3, -0.25) is 0 Å². The highest BCUT2D eigenvalue weighted by Crippen LogP contribution is 2.43. The minimum absolute atomic E-state index is 0.0698. The fourth-order valence-corrected chi connectivity index (χ4v) is 3.72. The summed E-state index contributed by atoms with van der Waals surface area (Å²) in [5, 5.41) is 4.76. The highest BCUT2D eigenvalue weighted by molar-refractivity contribution is 6.01. The van der Waals surface area contributed by atoms with E-state index in [1.807, 2.05) is 36.7 Å². The number of aromatic nitrogens is 2. The fourth-order valence-electron chi connectivity index (χ4n) is 3.72. The van der Waals surface area contributed by atoms with E-state index in [2.05, 4.69) is 33.5 Å². The molecule has 3 heterocycles. The van der Waals surface area contributed by atoms with E-state index in [9.17, 15) is 4.39 Å². The molecule has 1 unspecified atom stereocenters. The number of hydrogen-bond acceptors (Lipinski definition) is 2. The Labute approximate surface area is 144 Å². The fraction of sp³-hybridized carbons (Fsp3) is 0.0952. The van der Waals surface area contributed by atoms with Crippen molar-refractivity contribution in [2.24, 2.45) is 0 Å². The Bertz CT molecular complexity index is 1110. The Kier molecular flexibility index (Phi) is 2.95. The SMILES string of the molecule is Cc1cc(C2Nc3ccccc3-c3ccnc4[nH]cc2c34)ccc1F. The van der Waals surface area contributed by atoms with E-state index in [-0.39, 0.29) is 11.9 Å². The van der Waals surface area contributed by atoms with Gasteiger partial charge < -0.3 is 10.3 Å². The minimum Gasteiger partial charge on any atom is -0.374 e. The lowest BCUT2D eigenvalue weighted by Crippen LogP contribution is -2.11. The van der Waals surface area contributed by atoms with Gasteiger partial charge in [-0.15, -0.1) is 0 Å². The molecule has 2 aromatic heterocycles. The largest absolute Gasteiger partial charge is 0.374 e. The van der Waals surface area contributed by atoms with Crippen molar-refractivity contribution in [3.8, 4) is 11.1 Å². The number of anilines is 1. The number of pyridine rings is 1. The van der Waals surface area contributed by atoms with Crippen LogP contribution in [0, 0.1) is 12.7 Å². The highest BCUT2D eigenvalue weighted by atomic mass is 19.1. The predicted molar refractivity (Wildman–Crippen MR) is 98.1 cm³/mol. The number of nitrogens with zero attached hydrogens (tertiary/aromatic N) is 1. The van der Waals surface area contributed by atoms with Crippen LogP contribution < -0.4 is 5.32 Å². The van der Waals surface area contributed by atoms with Crippen molar-refractivity contribution in [1.82, 2.24) is 9.97 Å². The van der Waals surface area contributed by atoms with Gasteiger partial charge in [-0.25, -0.2) is 9.37 Å². The summed E-state index contributed by atoms with van der Waals surface area (Å²) in [6, 6.07) is 15.6. The van der Waals surface area contributed by atoms with Gasteiger partial charge in [0.1, 0.15) is 11.5 Å². The van der Waals surface area contributed by atoms with Crippen LogP contribution >= 0.6 is 0 Å². The number of para-hydroxylation sites is 1. The van der Waals surface area contributed by atoms with Gasteiger partial charge in [-0.05, 0) is 41.8 Å². The lowest BCUT2D eigenvalue weighted by Gasteiger charge is -2.20. The molecule has 2 aromatic carbocycles. The van der Waals surface area contributed by atoms with Crippen molar-refractivity contribution in [2.45, 2.75) is 13.0 Å². The highest BCUT2D eigenvalue weighted by Gasteiger charge is 2.26. The first-order valence-electron chi connectivity index (χ1n) is 8.30. The van der Waals surface area contributed by atoms with Gasteiger partial charge in [-0.1, -0.05) is 30.3 Å². The van der Waals surface area contributed by atoms with Gasteiger partial charge >= 0.3 is 0 Å². The first-order valence-corrected chi connectivity index (χ1v) is 8.30. The van der Waals surface area contributed by atoms with Crippen LogP contribution in [0.4, 0.5) is 10.1 Å². The zero-order valence-corrected chi connectivity index (χ0v) is 13.7. The third kappa shape index (κ3) is 2.07. The van der Waals surface area contributed by atoms with Crippen molar-refractivity contribution >= 4 is 16.7 Å². The second kappa shape index (κ2) is 5.18. The Morgan fingerprint density at radius 2 is 1.92 bits per heavy atom. The lowest BCUT2D eigenvalue weighted by atomic mass is 9.96. The Balaban J connectivity index is 1.83. The summed E-state index contributed by atoms with van der Waals surface area (Å²) in [5.41, 5.74) is 7.05. The Morgan fingerprint density at radius 3 is 2.80 bits per heavy atom. The summed E-state index contributed by atoms with van der Waals surface area (Å²) >= 11 is 0. The molecule has 1 aliphatic heterocycles. The van der Waals surface area contributed by atoms with Crippen LogP contribution in [0.3, 0.4) is 0 Å². The number of aryl methyl sites for hydroxylation is 1. The molecule has 0 saturated heterocycles. The van der Waals surface area contributed by atoms with Crippen LogP contribution in [0.5, 0.6) is 0 Å². The average molecular weight is 329 g/mol. The molecule has 0 saturated carbocycles. The molecule has 0 spiro atoms. The van der Waals surface area contributed by atoms with Crippen molar-refractivity contribution in [1.29, 1.82) is 0 Å².